The van der Waals surface area contributed by atoms with E-state index in [0.29, 0.717) is 12.2 Å². The summed E-state index contributed by atoms with van der Waals surface area (Å²) < 4.78 is 5.07. The van der Waals surface area contributed by atoms with Crippen molar-refractivity contribution in [3.05, 3.63) is 35.7 Å². The summed E-state index contributed by atoms with van der Waals surface area (Å²) in [6.45, 7) is 0. The van der Waals surface area contributed by atoms with E-state index in [0.717, 1.165) is 11.3 Å². The van der Waals surface area contributed by atoms with Crippen LogP contribution in [0, 0.1) is 5.92 Å². The predicted octanol–water partition coefficient (Wildman–Crippen LogP) is 0.705. The highest BCUT2D eigenvalue weighted by Crippen LogP contribution is 2.16. The maximum atomic E-state index is 11.3. The first kappa shape index (κ1) is 14.0. The van der Waals surface area contributed by atoms with Crippen LogP contribution in [0.1, 0.15) is 11.4 Å². The van der Waals surface area contributed by atoms with E-state index >= 15 is 0 Å². The fraction of sp³-hybridized carbons (Fsp3) is 0.385. The highest BCUT2D eigenvalue weighted by molar-refractivity contribution is 5.70. The topological polar surface area (TPSA) is 90.1 Å². The first-order chi connectivity index (χ1) is 9.58. The molecule has 2 rings (SSSR count). The fourth-order valence-electron chi connectivity index (χ4n) is 1.92. The molecule has 0 aliphatic rings. The molecule has 1 aromatic heterocycles. The van der Waals surface area contributed by atoms with Gasteiger partial charge in [-0.25, -0.2) is 0 Å². The number of hydrogen-bond donors (Lipinski definition) is 1. The van der Waals surface area contributed by atoms with Crippen molar-refractivity contribution in [2.75, 3.05) is 7.11 Å². The van der Waals surface area contributed by atoms with Gasteiger partial charge in [0.2, 0.25) is 0 Å². The second kappa shape index (κ2) is 6.14. The third-order valence-electron chi connectivity index (χ3n) is 2.97. The van der Waals surface area contributed by atoms with E-state index in [1.54, 1.807) is 14.2 Å². The number of aliphatic carboxylic acids is 1. The molecule has 1 aromatic carbocycles. The Balaban J connectivity index is 2.06. The molecular weight excluding hydrogens is 260 g/mol. The standard InChI is InChI=1S/C13H16N4O3/c1-17-15-12(14-16-17)8-10(13(18)19)7-9-3-5-11(20-2)6-4-9/h3-6,10H,7-8H2,1-2H3,(H,18,19). The molecule has 0 aliphatic carbocycles. The van der Waals surface area contributed by atoms with Crippen LogP contribution in [-0.4, -0.2) is 38.4 Å². The molecule has 0 saturated carbocycles. The van der Waals surface area contributed by atoms with E-state index in [-0.39, 0.29) is 6.42 Å². The Morgan fingerprint density at radius 3 is 2.55 bits per heavy atom. The van der Waals surface area contributed by atoms with Crippen molar-refractivity contribution in [2.24, 2.45) is 13.0 Å². The van der Waals surface area contributed by atoms with Crippen LogP contribution < -0.4 is 4.74 Å². The lowest BCUT2D eigenvalue weighted by Gasteiger charge is -2.10. The molecule has 0 saturated heterocycles. The van der Waals surface area contributed by atoms with Crippen LogP contribution >= 0.6 is 0 Å². The number of aryl methyl sites for hydroxylation is 1. The lowest BCUT2D eigenvalue weighted by molar-refractivity contribution is -0.141. The van der Waals surface area contributed by atoms with Gasteiger partial charge in [0.15, 0.2) is 5.82 Å². The van der Waals surface area contributed by atoms with Gasteiger partial charge in [0.1, 0.15) is 5.75 Å². The molecule has 106 valence electrons. The van der Waals surface area contributed by atoms with E-state index in [2.05, 4.69) is 15.4 Å². The first-order valence-electron chi connectivity index (χ1n) is 6.17. The molecule has 0 aliphatic heterocycles. The summed E-state index contributed by atoms with van der Waals surface area (Å²) in [4.78, 5) is 12.7. The highest BCUT2D eigenvalue weighted by atomic mass is 16.5. The van der Waals surface area contributed by atoms with Gasteiger partial charge in [-0.1, -0.05) is 12.1 Å². The zero-order valence-electron chi connectivity index (χ0n) is 11.4. The molecule has 1 unspecified atom stereocenters. The van der Waals surface area contributed by atoms with Crippen molar-refractivity contribution in [1.29, 1.82) is 0 Å². The Morgan fingerprint density at radius 2 is 2.05 bits per heavy atom. The van der Waals surface area contributed by atoms with Gasteiger partial charge in [-0.15, -0.1) is 10.2 Å². The van der Waals surface area contributed by atoms with Gasteiger partial charge in [-0.05, 0) is 29.3 Å². The highest BCUT2D eigenvalue weighted by Gasteiger charge is 2.21. The molecule has 7 nitrogen and oxygen atoms in total. The lowest BCUT2D eigenvalue weighted by atomic mass is 9.96. The van der Waals surface area contributed by atoms with E-state index in [1.165, 1.54) is 4.80 Å². The number of carboxylic acid groups (broad SMARTS) is 1. The van der Waals surface area contributed by atoms with Crippen LogP contribution in [0.3, 0.4) is 0 Å². The average Bonchev–Trinajstić information content (AvgIpc) is 2.84. The summed E-state index contributed by atoms with van der Waals surface area (Å²) in [5.41, 5.74) is 0.932. The smallest absolute Gasteiger partial charge is 0.307 e. The normalized spacial score (nSPS) is 12.1. The Hall–Kier alpha value is -2.44. The number of tetrazole rings is 1. The molecular formula is C13H16N4O3. The van der Waals surface area contributed by atoms with Gasteiger partial charge in [0.05, 0.1) is 20.1 Å². The number of benzene rings is 1. The summed E-state index contributed by atoms with van der Waals surface area (Å²) in [6.07, 6.45) is 0.673. The monoisotopic (exact) mass is 276 g/mol. The van der Waals surface area contributed by atoms with Crippen molar-refractivity contribution < 1.29 is 14.6 Å². The second-order valence-electron chi connectivity index (χ2n) is 4.49. The van der Waals surface area contributed by atoms with Crippen molar-refractivity contribution in [3.63, 3.8) is 0 Å². The number of carbonyl (C=O) groups is 1. The number of nitrogens with zero attached hydrogens (tertiary/aromatic N) is 4. The maximum Gasteiger partial charge on any atom is 0.307 e. The molecule has 1 heterocycles. The van der Waals surface area contributed by atoms with Crippen LogP contribution in [0.5, 0.6) is 5.75 Å². The molecule has 1 N–H and O–H groups in total. The van der Waals surface area contributed by atoms with E-state index in [4.69, 9.17) is 4.74 Å². The van der Waals surface area contributed by atoms with Gasteiger partial charge >= 0.3 is 5.97 Å². The Bertz CT molecular complexity index is 580. The van der Waals surface area contributed by atoms with E-state index in [1.807, 2.05) is 24.3 Å². The van der Waals surface area contributed by atoms with Crippen LogP contribution in [0.25, 0.3) is 0 Å². The van der Waals surface area contributed by atoms with Crippen molar-refractivity contribution >= 4 is 5.97 Å². The predicted molar refractivity (Wildman–Crippen MR) is 70.3 cm³/mol. The number of aromatic nitrogens is 4. The number of ether oxygens (including phenoxy) is 1. The van der Waals surface area contributed by atoms with Crippen LogP contribution in [-0.2, 0) is 24.7 Å². The van der Waals surface area contributed by atoms with E-state index in [9.17, 15) is 9.90 Å². The lowest BCUT2D eigenvalue weighted by Crippen LogP contribution is -2.20. The second-order valence-corrected chi connectivity index (χ2v) is 4.49. The third-order valence-corrected chi connectivity index (χ3v) is 2.97. The van der Waals surface area contributed by atoms with Crippen LogP contribution in [0.2, 0.25) is 0 Å². The van der Waals surface area contributed by atoms with Crippen molar-refractivity contribution in [1.82, 2.24) is 20.2 Å². The van der Waals surface area contributed by atoms with Crippen molar-refractivity contribution in [2.45, 2.75) is 12.8 Å². The summed E-state index contributed by atoms with van der Waals surface area (Å²) in [6, 6.07) is 7.35. The maximum absolute atomic E-state index is 11.3. The summed E-state index contributed by atoms with van der Waals surface area (Å²) >= 11 is 0. The third kappa shape index (κ3) is 3.53. The molecule has 1 atom stereocenters. The summed E-state index contributed by atoms with van der Waals surface area (Å²) in [7, 11) is 3.24. The van der Waals surface area contributed by atoms with Gasteiger partial charge in [-0.2, -0.15) is 4.80 Å². The molecule has 20 heavy (non-hydrogen) atoms. The Kier molecular flexibility index (Phi) is 4.29. The van der Waals surface area contributed by atoms with Gasteiger partial charge < -0.3 is 9.84 Å². The largest absolute Gasteiger partial charge is 0.497 e. The van der Waals surface area contributed by atoms with Crippen LogP contribution in [0.15, 0.2) is 24.3 Å². The fourth-order valence-corrected chi connectivity index (χ4v) is 1.92. The minimum atomic E-state index is -0.867. The quantitative estimate of drug-likeness (QED) is 0.835. The van der Waals surface area contributed by atoms with Gasteiger partial charge in [0.25, 0.3) is 0 Å². The summed E-state index contributed by atoms with van der Waals surface area (Å²) in [5.74, 6) is -0.259. The minimum absolute atomic E-state index is 0.259. The molecule has 0 radical (unpaired) electrons. The number of methoxy groups -OCH3 is 1. The SMILES string of the molecule is COc1ccc(CC(Cc2nnn(C)n2)C(=O)O)cc1. The van der Waals surface area contributed by atoms with Gasteiger partial charge in [-0.3, -0.25) is 4.79 Å². The first-order valence-corrected chi connectivity index (χ1v) is 6.17. The summed E-state index contributed by atoms with van der Waals surface area (Å²) in [5, 5.41) is 20.8. The van der Waals surface area contributed by atoms with Crippen molar-refractivity contribution in [3.8, 4) is 5.75 Å². The Morgan fingerprint density at radius 1 is 1.35 bits per heavy atom. The zero-order chi connectivity index (χ0) is 14.5. The number of carboxylic acids is 1. The van der Waals surface area contributed by atoms with Gasteiger partial charge in [0, 0.05) is 6.42 Å². The minimum Gasteiger partial charge on any atom is -0.497 e. The molecule has 7 heteroatoms. The molecule has 0 amide bonds. The molecule has 0 spiro atoms. The molecule has 0 fully saturated rings. The number of hydrogen-bond acceptors (Lipinski definition) is 5. The molecule has 0 bridgehead atoms. The number of rotatable bonds is 6. The average molecular weight is 276 g/mol. The van der Waals surface area contributed by atoms with E-state index < -0.39 is 11.9 Å². The molecule has 2 aromatic rings. The Labute approximate surface area is 116 Å². The zero-order valence-corrected chi connectivity index (χ0v) is 11.4. The van der Waals surface area contributed by atoms with Crippen LogP contribution in [0.4, 0.5) is 0 Å².